The molecule has 1 heteroatoms. The topological polar surface area (TPSA) is 12.9 Å². The average Bonchev–Trinajstić information content (AvgIpc) is 2.58. The molecule has 1 heterocycles. The van der Waals surface area contributed by atoms with Crippen molar-refractivity contribution in [3.63, 3.8) is 0 Å². The Morgan fingerprint density at radius 3 is 1.95 bits per heavy atom. The highest BCUT2D eigenvalue weighted by Gasteiger charge is 1.96. The molecule has 1 aromatic carbocycles. The van der Waals surface area contributed by atoms with E-state index in [2.05, 4.69) is 63.0 Å². The summed E-state index contributed by atoms with van der Waals surface area (Å²) in [6.07, 6.45) is 5.25. The van der Waals surface area contributed by atoms with E-state index in [-0.39, 0.29) is 0 Å². The number of aryl methyl sites for hydroxylation is 2. The molecule has 0 aliphatic rings. The number of hydrogen-bond acceptors (Lipinski definition) is 1. The van der Waals surface area contributed by atoms with Gasteiger partial charge in [-0.25, -0.2) is 0 Å². The largest absolute Gasteiger partial charge is 0.261 e. The van der Waals surface area contributed by atoms with Crippen LogP contribution in [0.15, 0.2) is 48.7 Å². The summed E-state index contributed by atoms with van der Waals surface area (Å²) in [5, 5.41) is 0. The van der Waals surface area contributed by atoms with Crippen LogP contribution in [0.3, 0.4) is 0 Å². The Hall–Kier alpha value is -1.63. The average molecular weight is 300 g/mol. The number of rotatable bonds is 4. The smallest absolute Gasteiger partial charge is 0.0403 e. The van der Waals surface area contributed by atoms with Crippen LogP contribution in [0.2, 0.25) is 0 Å². The highest BCUT2D eigenvalue weighted by molar-refractivity contribution is 5.24. The summed E-state index contributed by atoms with van der Waals surface area (Å²) in [6.45, 7) is 12.8. The first-order chi connectivity index (χ1) is 10.7. The second-order valence-corrected chi connectivity index (χ2v) is 5.32. The van der Waals surface area contributed by atoms with Gasteiger partial charge >= 0.3 is 0 Å². The molecule has 0 spiro atoms. The van der Waals surface area contributed by atoms with Gasteiger partial charge < -0.3 is 0 Å². The summed E-state index contributed by atoms with van der Waals surface area (Å²) in [4.78, 5) is 4.17. The molecule has 2 rings (SSSR count). The minimum Gasteiger partial charge on any atom is -0.261 e. The van der Waals surface area contributed by atoms with E-state index < -0.39 is 0 Å². The summed E-state index contributed by atoms with van der Waals surface area (Å²) in [5.41, 5.74) is 4.05. The van der Waals surface area contributed by atoms with Crippen LogP contribution in [0.5, 0.6) is 0 Å². The molecule has 0 aliphatic heterocycles. The van der Waals surface area contributed by atoms with Gasteiger partial charge in [-0.05, 0) is 42.0 Å². The van der Waals surface area contributed by atoms with Gasteiger partial charge in [0.15, 0.2) is 0 Å². The first-order valence-electron chi connectivity index (χ1n) is 8.66. The minimum absolute atomic E-state index is 0.654. The third-order valence-electron chi connectivity index (χ3n) is 3.29. The maximum atomic E-state index is 4.17. The maximum absolute atomic E-state index is 4.17. The molecule has 22 heavy (non-hydrogen) atoms. The number of pyridine rings is 1. The molecule has 1 aromatic heterocycles. The maximum Gasteiger partial charge on any atom is 0.0403 e. The normalized spacial score (nSPS) is 9.41. The van der Waals surface area contributed by atoms with Crippen molar-refractivity contribution in [2.24, 2.45) is 0 Å². The monoisotopic (exact) mass is 299 g/mol. The van der Waals surface area contributed by atoms with Gasteiger partial charge in [-0.15, -0.1) is 0 Å². The van der Waals surface area contributed by atoms with Crippen LogP contribution in [0.1, 0.15) is 70.7 Å². The zero-order valence-corrected chi connectivity index (χ0v) is 15.3. The summed E-state index contributed by atoms with van der Waals surface area (Å²) in [7, 11) is 0. The van der Waals surface area contributed by atoms with Crippen LogP contribution in [-0.2, 0) is 12.8 Å². The zero-order chi connectivity index (χ0) is 16.8. The molecule has 0 saturated carbocycles. The van der Waals surface area contributed by atoms with Gasteiger partial charge in [0.1, 0.15) is 0 Å². The fourth-order valence-corrected chi connectivity index (χ4v) is 1.94. The van der Waals surface area contributed by atoms with Gasteiger partial charge in [0.05, 0.1) is 0 Å². The van der Waals surface area contributed by atoms with E-state index in [1.807, 2.05) is 32.2 Å². The molecule has 0 N–H and O–H groups in total. The quantitative estimate of drug-likeness (QED) is 0.633. The van der Waals surface area contributed by atoms with E-state index in [4.69, 9.17) is 0 Å². The van der Waals surface area contributed by atoms with Crippen LogP contribution in [-0.4, -0.2) is 4.98 Å². The van der Waals surface area contributed by atoms with Crippen molar-refractivity contribution in [3.8, 4) is 0 Å². The van der Waals surface area contributed by atoms with Crippen LogP contribution < -0.4 is 0 Å². The summed E-state index contributed by atoms with van der Waals surface area (Å²) < 4.78 is 0. The molecule has 0 fully saturated rings. The molecule has 2 aromatic rings. The van der Waals surface area contributed by atoms with Crippen molar-refractivity contribution in [3.05, 3.63) is 65.5 Å². The Labute approximate surface area is 137 Å². The Bertz CT molecular complexity index is 457. The van der Waals surface area contributed by atoms with Crippen molar-refractivity contribution >= 4 is 0 Å². The Morgan fingerprint density at radius 1 is 0.909 bits per heavy atom. The summed E-state index contributed by atoms with van der Waals surface area (Å²) in [6, 6.07) is 14.9. The number of aromatic nitrogens is 1. The molecule has 0 saturated heterocycles. The number of benzene rings is 1. The zero-order valence-electron chi connectivity index (χ0n) is 15.3. The fourth-order valence-electron chi connectivity index (χ4n) is 1.94. The minimum atomic E-state index is 0.654. The lowest BCUT2D eigenvalue weighted by atomic mass is 10.0. The Balaban J connectivity index is 0.000000366. The number of nitrogens with zero attached hydrogens (tertiary/aromatic N) is 1. The van der Waals surface area contributed by atoms with Gasteiger partial charge in [-0.2, -0.15) is 0 Å². The van der Waals surface area contributed by atoms with E-state index >= 15 is 0 Å². The summed E-state index contributed by atoms with van der Waals surface area (Å²) >= 11 is 0. The lowest BCUT2D eigenvalue weighted by Gasteiger charge is -2.04. The predicted molar refractivity (Wildman–Crippen MR) is 99.5 cm³/mol. The molecule has 0 bridgehead atoms. The van der Waals surface area contributed by atoms with E-state index in [9.17, 15) is 0 Å². The first-order valence-corrected chi connectivity index (χ1v) is 8.66. The van der Waals surface area contributed by atoms with Crippen molar-refractivity contribution in [1.82, 2.24) is 4.98 Å². The Morgan fingerprint density at radius 2 is 1.55 bits per heavy atom. The second kappa shape index (κ2) is 13.1. The van der Waals surface area contributed by atoms with Gasteiger partial charge in [0, 0.05) is 11.9 Å². The fraction of sp³-hybridized carbons (Fsp3) is 0.476. The molecule has 0 radical (unpaired) electrons. The Kier molecular flexibility index (Phi) is 12.1. The standard InChI is InChI=1S/C11H16.C8H11N.C2H6/c1-4-10-5-7-11(8-6-10)9(2)3;1-2-5-8-6-3-4-7-9-8;1-2/h5-9H,4H2,1-3H3;3-4,6-7H,2,5H2,1H3;1-2H3. The molecule has 0 atom stereocenters. The second-order valence-electron chi connectivity index (χ2n) is 5.32. The van der Waals surface area contributed by atoms with E-state index in [0.29, 0.717) is 5.92 Å². The molecular formula is C21H33N. The molecular weight excluding hydrogens is 266 g/mol. The van der Waals surface area contributed by atoms with Crippen molar-refractivity contribution in [1.29, 1.82) is 0 Å². The van der Waals surface area contributed by atoms with Crippen molar-refractivity contribution in [2.45, 2.75) is 66.7 Å². The SMILES string of the molecule is CC.CCCc1ccccn1.CCc1ccc(C(C)C)cc1. The molecule has 0 amide bonds. The highest BCUT2D eigenvalue weighted by Crippen LogP contribution is 2.14. The summed E-state index contributed by atoms with van der Waals surface area (Å²) in [5.74, 6) is 0.654. The number of hydrogen-bond donors (Lipinski definition) is 0. The predicted octanol–water partition coefficient (Wildman–Crippen LogP) is 6.43. The van der Waals surface area contributed by atoms with Gasteiger partial charge in [-0.3, -0.25) is 4.98 Å². The van der Waals surface area contributed by atoms with E-state index in [1.54, 1.807) is 0 Å². The molecule has 122 valence electrons. The van der Waals surface area contributed by atoms with Crippen LogP contribution in [0.4, 0.5) is 0 Å². The van der Waals surface area contributed by atoms with Crippen LogP contribution in [0, 0.1) is 0 Å². The van der Waals surface area contributed by atoms with Crippen LogP contribution >= 0.6 is 0 Å². The highest BCUT2D eigenvalue weighted by atomic mass is 14.7. The molecule has 0 unspecified atom stereocenters. The third kappa shape index (κ3) is 8.61. The lowest BCUT2D eigenvalue weighted by molar-refractivity contribution is 0.865. The third-order valence-corrected chi connectivity index (χ3v) is 3.29. The molecule has 1 nitrogen and oxygen atoms in total. The first kappa shape index (κ1) is 20.4. The van der Waals surface area contributed by atoms with Crippen molar-refractivity contribution < 1.29 is 0 Å². The van der Waals surface area contributed by atoms with Crippen molar-refractivity contribution in [2.75, 3.05) is 0 Å². The van der Waals surface area contributed by atoms with Gasteiger partial charge in [0.25, 0.3) is 0 Å². The van der Waals surface area contributed by atoms with Gasteiger partial charge in [-0.1, -0.05) is 78.3 Å². The van der Waals surface area contributed by atoms with E-state index in [0.717, 1.165) is 12.8 Å². The molecule has 0 aliphatic carbocycles. The lowest BCUT2D eigenvalue weighted by Crippen LogP contribution is -1.87. The van der Waals surface area contributed by atoms with E-state index in [1.165, 1.54) is 23.2 Å². The van der Waals surface area contributed by atoms with Crippen LogP contribution in [0.25, 0.3) is 0 Å². The van der Waals surface area contributed by atoms with Gasteiger partial charge in [0.2, 0.25) is 0 Å².